The van der Waals surface area contributed by atoms with E-state index in [1.165, 1.54) is 5.56 Å². The molecular weight excluding hydrogens is 470 g/mol. The van der Waals surface area contributed by atoms with Gasteiger partial charge in [0.25, 0.3) is 0 Å². The second-order valence-electron chi connectivity index (χ2n) is 11.4. The minimum absolute atomic E-state index is 0.0238. The summed E-state index contributed by atoms with van der Waals surface area (Å²) in [7, 11) is -1.68. The van der Waals surface area contributed by atoms with Gasteiger partial charge in [-0.3, -0.25) is 9.59 Å². The largest absolute Gasteiger partial charge is 0.289 e. The lowest BCUT2D eigenvalue weighted by atomic mass is 9.84. The van der Waals surface area contributed by atoms with Crippen molar-refractivity contribution in [2.24, 2.45) is 11.3 Å². The van der Waals surface area contributed by atoms with Crippen molar-refractivity contribution in [3.8, 4) is 0 Å². The van der Waals surface area contributed by atoms with Gasteiger partial charge in [0.05, 0.1) is 15.6 Å². The zero-order chi connectivity index (χ0) is 25.3. The Bertz CT molecular complexity index is 1000. The minimum Gasteiger partial charge on any atom is -0.289 e. The molecule has 0 spiro atoms. The van der Waals surface area contributed by atoms with Crippen LogP contribution < -0.4 is 0 Å². The molecule has 2 rings (SSSR count). The van der Waals surface area contributed by atoms with Crippen LogP contribution in [0.3, 0.4) is 0 Å². The van der Waals surface area contributed by atoms with Crippen LogP contribution in [0.5, 0.6) is 0 Å². The molecule has 0 saturated heterocycles. The predicted molar refractivity (Wildman–Crippen MR) is 145 cm³/mol. The van der Waals surface area contributed by atoms with E-state index in [1.54, 1.807) is 18.2 Å². The third-order valence-corrected chi connectivity index (χ3v) is 8.78. The number of hydrogen-bond acceptors (Lipinski definition) is 2. The molecule has 33 heavy (non-hydrogen) atoms. The fraction of sp³-hybridized carbons (Fsp3) is 0.500. The number of carbonyl (C=O) groups excluding carboxylic acids is 2. The lowest BCUT2D eigenvalue weighted by Crippen LogP contribution is -2.19. The van der Waals surface area contributed by atoms with E-state index in [2.05, 4.69) is 60.6 Å². The normalized spacial score (nSPS) is 14.2. The quantitative estimate of drug-likeness (QED) is 0.350. The minimum atomic E-state index is -1.68. The summed E-state index contributed by atoms with van der Waals surface area (Å²) in [5.74, 6) is 0.208. The van der Waals surface area contributed by atoms with Crippen molar-refractivity contribution in [1.82, 2.24) is 0 Å². The van der Waals surface area contributed by atoms with Crippen LogP contribution in [0.1, 0.15) is 92.3 Å². The van der Waals surface area contributed by atoms with Gasteiger partial charge in [-0.1, -0.05) is 89.9 Å². The Morgan fingerprint density at radius 2 is 1.33 bits per heavy atom. The van der Waals surface area contributed by atoms with E-state index in [4.69, 9.17) is 23.2 Å². The van der Waals surface area contributed by atoms with Crippen LogP contribution >= 0.6 is 31.1 Å². The molecular formula is C28H37Cl2O2P. The van der Waals surface area contributed by atoms with E-state index in [1.807, 2.05) is 13.8 Å². The second kappa shape index (κ2) is 10.6. The topological polar surface area (TPSA) is 34.1 Å². The third-order valence-electron chi connectivity index (χ3n) is 5.73. The summed E-state index contributed by atoms with van der Waals surface area (Å²) in [6.07, 6.45) is 1.44. The van der Waals surface area contributed by atoms with Gasteiger partial charge < -0.3 is 0 Å². The molecule has 0 saturated carbocycles. The number of halogens is 2. The van der Waals surface area contributed by atoms with E-state index < -0.39 is 7.92 Å². The molecule has 2 aromatic rings. The predicted octanol–water partition coefficient (Wildman–Crippen LogP) is 9.44. The van der Waals surface area contributed by atoms with Gasteiger partial charge in [-0.25, -0.2) is 0 Å². The molecule has 0 aliphatic heterocycles. The van der Waals surface area contributed by atoms with E-state index in [0.717, 1.165) is 17.5 Å². The van der Waals surface area contributed by atoms with Gasteiger partial charge in [0.15, 0.2) is 11.0 Å². The first-order chi connectivity index (χ1) is 15.0. The number of rotatable bonds is 7. The van der Waals surface area contributed by atoms with Gasteiger partial charge >= 0.3 is 0 Å². The van der Waals surface area contributed by atoms with E-state index in [-0.39, 0.29) is 33.4 Å². The molecule has 2 unspecified atom stereocenters. The Labute approximate surface area is 211 Å². The fourth-order valence-corrected chi connectivity index (χ4v) is 7.49. The highest BCUT2D eigenvalue weighted by Crippen LogP contribution is 2.49. The van der Waals surface area contributed by atoms with E-state index in [9.17, 15) is 9.59 Å². The van der Waals surface area contributed by atoms with Crippen LogP contribution in [0.15, 0.2) is 30.3 Å². The van der Waals surface area contributed by atoms with Gasteiger partial charge in [0.1, 0.15) is 0 Å². The molecule has 0 amide bonds. The molecule has 0 aliphatic rings. The maximum absolute atomic E-state index is 14.0. The van der Waals surface area contributed by atoms with Crippen molar-refractivity contribution in [3.63, 3.8) is 0 Å². The first-order valence-corrected chi connectivity index (χ1v) is 13.7. The zero-order valence-corrected chi connectivity index (χ0v) is 23.8. The molecule has 0 aromatic heterocycles. The summed E-state index contributed by atoms with van der Waals surface area (Å²) in [5.41, 5.74) is 3.71. The first-order valence-electron chi connectivity index (χ1n) is 11.4. The molecule has 0 aliphatic carbocycles. The maximum atomic E-state index is 14.0. The van der Waals surface area contributed by atoms with Crippen molar-refractivity contribution >= 4 is 42.2 Å². The smallest absolute Gasteiger partial charge is 0.195 e. The van der Waals surface area contributed by atoms with Gasteiger partial charge in [-0.05, 0) is 72.0 Å². The van der Waals surface area contributed by atoms with Crippen LogP contribution in [0.4, 0.5) is 0 Å². The molecule has 0 bridgehead atoms. The zero-order valence-electron chi connectivity index (χ0n) is 21.4. The van der Waals surface area contributed by atoms with Crippen molar-refractivity contribution < 1.29 is 9.59 Å². The first kappa shape index (κ1) is 28.0. The molecule has 2 nitrogen and oxygen atoms in total. The molecule has 2 atom stereocenters. The van der Waals surface area contributed by atoms with Crippen LogP contribution in [0.2, 0.25) is 10.0 Å². The average molecular weight is 507 g/mol. The summed E-state index contributed by atoms with van der Waals surface area (Å²) >= 11 is 12.8. The Kier molecular flexibility index (Phi) is 9.00. The summed E-state index contributed by atoms with van der Waals surface area (Å²) < 4.78 is 0. The van der Waals surface area contributed by atoms with Gasteiger partial charge in [0.2, 0.25) is 0 Å². The molecule has 5 heteroatoms. The Balaban J connectivity index is 2.58. The van der Waals surface area contributed by atoms with E-state index >= 15 is 0 Å². The van der Waals surface area contributed by atoms with Crippen LogP contribution in [0, 0.1) is 25.2 Å². The highest BCUT2D eigenvalue weighted by molar-refractivity contribution is 7.90. The lowest BCUT2D eigenvalue weighted by Gasteiger charge is -2.27. The van der Waals surface area contributed by atoms with Crippen LogP contribution in [0.25, 0.3) is 0 Å². The summed E-state index contributed by atoms with van der Waals surface area (Å²) in [4.78, 5) is 27.8. The molecule has 0 radical (unpaired) electrons. The standard InChI is InChI=1S/C28H37Cl2O2P/c1-17(15-27(4,5)6)16-33(26(32)24-21(29)11-10-12-22(24)30)25(31)23-18(2)13-20(14-19(23)3)28(7,8)9/h10-14,17H,15-16H2,1-9H3. The Morgan fingerprint density at radius 3 is 1.76 bits per heavy atom. The summed E-state index contributed by atoms with van der Waals surface area (Å²) in [5, 5.41) is 0.598. The fourth-order valence-electron chi connectivity index (χ4n) is 4.39. The van der Waals surface area contributed by atoms with Crippen molar-refractivity contribution in [2.45, 2.75) is 74.1 Å². The Morgan fingerprint density at radius 1 is 0.879 bits per heavy atom. The third kappa shape index (κ3) is 7.14. The molecule has 0 fully saturated rings. The highest BCUT2D eigenvalue weighted by atomic mass is 35.5. The van der Waals surface area contributed by atoms with E-state index in [0.29, 0.717) is 21.8 Å². The number of aryl methyl sites for hydroxylation is 2. The average Bonchev–Trinajstić information content (AvgIpc) is 2.62. The maximum Gasteiger partial charge on any atom is 0.195 e. The van der Waals surface area contributed by atoms with Gasteiger partial charge in [-0.2, -0.15) is 0 Å². The summed E-state index contributed by atoms with van der Waals surface area (Å²) in [6.45, 7) is 19.1. The van der Waals surface area contributed by atoms with Gasteiger partial charge in [-0.15, -0.1) is 0 Å². The summed E-state index contributed by atoms with van der Waals surface area (Å²) in [6, 6.07) is 9.20. The monoisotopic (exact) mass is 506 g/mol. The SMILES string of the molecule is Cc1cc(C(C)(C)C)cc(C)c1C(=O)P(CC(C)CC(C)(C)C)C(=O)c1c(Cl)cccc1Cl. The number of carbonyl (C=O) groups is 2. The second-order valence-corrected chi connectivity index (χ2v) is 14.3. The highest BCUT2D eigenvalue weighted by Gasteiger charge is 2.34. The molecule has 0 N–H and O–H groups in total. The number of benzene rings is 2. The molecule has 180 valence electrons. The van der Waals surface area contributed by atoms with Crippen LogP contribution in [-0.4, -0.2) is 17.2 Å². The van der Waals surface area contributed by atoms with Crippen molar-refractivity contribution in [3.05, 3.63) is 68.2 Å². The Hall–Kier alpha value is -1.21. The molecule has 0 heterocycles. The lowest BCUT2D eigenvalue weighted by molar-refractivity contribution is 0.105. The van der Waals surface area contributed by atoms with Crippen molar-refractivity contribution in [2.75, 3.05) is 6.16 Å². The van der Waals surface area contributed by atoms with Crippen molar-refractivity contribution in [1.29, 1.82) is 0 Å². The molecule has 2 aromatic carbocycles. The van der Waals surface area contributed by atoms with Gasteiger partial charge in [0, 0.05) is 13.5 Å². The number of hydrogen-bond donors (Lipinski definition) is 0. The van der Waals surface area contributed by atoms with Crippen LogP contribution in [-0.2, 0) is 5.41 Å².